The zero-order valence-corrected chi connectivity index (χ0v) is 30.1. The fourth-order valence-corrected chi connectivity index (χ4v) is 9.17. The minimum atomic E-state index is 0.00919. The zero-order chi connectivity index (χ0) is 34.6. The van der Waals surface area contributed by atoms with Crippen LogP contribution >= 0.6 is 0 Å². The molecule has 0 fully saturated rings. The Balaban J connectivity index is 0.936. The van der Waals surface area contributed by atoms with Crippen LogP contribution in [-0.4, -0.2) is 0 Å². The molecule has 51 heavy (non-hydrogen) atoms. The second-order valence-corrected chi connectivity index (χ2v) is 16.6. The predicted molar refractivity (Wildman–Crippen MR) is 219 cm³/mol. The Kier molecular flexibility index (Phi) is 6.41. The van der Waals surface area contributed by atoms with E-state index in [-0.39, 0.29) is 10.8 Å². The molecule has 246 valence electrons. The molecule has 0 radical (unpaired) electrons. The Morgan fingerprint density at radius 2 is 1.20 bits per heavy atom. The second kappa shape index (κ2) is 10.8. The molecule has 1 unspecified atom stereocenters. The summed E-state index contributed by atoms with van der Waals surface area (Å²) in [5.74, 6) is 0.370. The van der Waals surface area contributed by atoms with E-state index >= 15 is 0 Å². The first kappa shape index (κ1) is 30.4. The Morgan fingerprint density at radius 1 is 0.549 bits per heavy atom. The summed E-state index contributed by atoms with van der Waals surface area (Å²) in [5.41, 5.74) is 16.4. The Bertz CT molecular complexity index is 2690. The fraction of sp³-hybridized carbons (Fsp3) is 0.176. The highest BCUT2D eigenvalue weighted by Gasteiger charge is 2.35. The smallest absolute Gasteiger partial charge is 0.0159 e. The van der Waals surface area contributed by atoms with Crippen molar-refractivity contribution in [3.8, 4) is 33.4 Å². The molecular formula is C51H42. The molecular weight excluding hydrogens is 613 g/mol. The molecule has 0 spiro atoms. The lowest BCUT2D eigenvalue weighted by molar-refractivity contribution is 0.591. The van der Waals surface area contributed by atoms with Crippen molar-refractivity contribution in [3.63, 3.8) is 0 Å². The third-order valence-corrected chi connectivity index (χ3v) is 12.1. The largest absolute Gasteiger partial charge is 0.0761 e. The molecule has 0 N–H and O–H groups in total. The highest BCUT2D eigenvalue weighted by atomic mass is 14.4. The number of allylic oxidation sites excluding steroid dienone is 1. The highest BCUT2D eigenvalue weighted by molar-refractivity contribution is 6.25. The second-order valence-electron chi connectivity index (χ2n) is 16.6. The molecule has 1 atom stereocenters. The van der Waals surface area contributed by atoms with Gasteiger partial charge in [-0.15, -0.1) is 0 Å². The third kappa shape index (κ3) is 4.66. The molecule has 2 aliphatic carbocycles. The number of rotatable bonds is 3. The maximum Gasteiger partial charge on any atom is 0.0159 e. The minimum Gasteiger partial charge on any atom is -0.0761 e. The predicted octanol–water partition coefficient (Wildman–Crippen LogP) is 13.9. The van der Waals surface area contributed by atoms with Crippen LogP contribution in [0.1, 0.15) is 73.9 Å². The Morgan fingerprint density at radius 3 is 2.00 bits per heavy atom. The van der Waals surface area contributed by atoms with Crippen molar-refractivity contribution in [1.29, 1.82) is 0 Å². The van der Waals surface area contributed by atoms with Gasteiger partial charge in [0.15, 0.2) is 0 Å². The summed E-state index contributed by atoms with van der Waals surface area (Å²) in [5, 5.41) is 8.08. The van der Waals surface area contributed by atoms with Gasteiger partial charge in [-0.05, 0) is 123 Å². The quantitative estimate of drug-likeness (QED) is 0.166. The van der Waals surface area contributed by atoms with Gasteiger partial charge < -0.3 is 0 Å². The summed E-state index contributed by atoms with van der Waals surface area (Å²) in [6, 6.07) is 51.1. The Labute approximate surface area is 301 Å². The molecule has 0 bridgehead atoms. The SMILES string of the molecule is CC(C)(C)c1cc2ccc3ccc(-c4ccc(C5C=Cc6cc(-c7ccc8c(c7)C(C)(C)c7ccccc7-8)ccc6C5)cc4)c4ccc(c1)c2c34. The van der Waals surface area contributed by atoms with E-state index < -0.39 is 0 Å². The van der Waals surface area contributed by atoms with Gasteiger partial charge in [0.2, 0.25) is 0 Å². The van der Waals surface area contributed by atoms with Gasteiger partial charge in [0.05, 0.1) is 0 Å². The van der Waals surface area contributed by atoms with Crippen LogP contribution in [0.25, 0.3) is 71.8 Å². The summed E-state index contributed by atoms with van der Waals surface area (Å²) in [7, 11) is 0. The molecule has 0 aromatic heterocycles. The summed E-state index contributed by atoms with van der Waals surface area (Å²) >= 11 is 0. The normalized spacial score (nSPS) is 16.1. The number of hydrogen-bond acceptors (Lipinski definition) is 0. The number of fused-ring (bicyclic) bond motifs is 4. The molecule has 2 aliphatic rings. The van der Waals surface area contributed by atoms with Crippen LogP contribution in [-0.2, 0) is 17.3 Å². The average molecular weight is 655 g/mol. The molecule has 10 rings (SSSR count). The molecule has 8 aromatic rings. The van der Waals surface area contributed by atoms with Crippen molar-refractivity contribution in [2.45, 2.75) is 57.8 Å². The van der Waals surface area contributed by atoms with Gasteiger partial charge in [0.1, 0.15) is 0 Å². The van der Waals surface area contributed by atoms with E-state index in [1.165, 1.54) is 99.1 Å². The van der Waals surface area contributed by atoms with E-state index in [0.717, 1.165) is 6.42 Å². The van der Waals surface area contributed by atoms with Crippen molar-refractivity contribution < 1.29 is 0 Å². The first-order valence-electron chi connectivity index (χ1n) is 18.5. The maximum absolute atomic E-state index is 2.43. The summed E-state index contributed by atoms with van der Waals surface area (Å²) in [6.07, 6.45) is 5.78. The number of benzene rings is 8. The molecule has 0 heteroatoms. The van der Waals surface area contributed by atoms with Gasteiger partial charge in [0.25, 0.3) is 0 Å². The van der Waals surface area contributed by atoms with Crippen LogP contribution < -0.4 is 0 Å². The van der Waals surface area contributed by atoms with Gasteiger partial charge in [-0.3, -0.25) is 0 Å². The van der Waals surface area contributed by atoms with Crippen LogP contribution in [0, 0.1) is 0 Å². The van der Waals surface area contributed by atoms with E-state index in [1.807, 2.05) is 0 Å². The topological polar surface area (TPSA) is 0 Å². The lowest BCUT2D eigenvalue weighted by Crippen LogP contribution is -2.14. The van der Waals surface area contributed by atoms with Gasteiger partial charge >= 0.3 is 0 Å². The van der Waals surface area contributed by atoms with Crippen molar-refractivity contribution >= 4 is 38.4 Å². The van der Waals surface area contributed by atoms with Gasteiger partial charge in [-0.2, -0.15) is 0 Å². The van der Waals surface area contributed by atoms with Crippen molar-refractivity contribution in [3.05, 3.63) is 173 Å². The van der Waals surface area contributed by atoms with Crippen molar-refractivity contribution in [1.82, 2.24) is 0 Å². The first-order valence-corrected chi connectivity index (χ1v) is 18.5. The maximum atomic E-state index is 2.43. The van der Waals surface area contributed by atoms with Crippen LogP contribution in [0.15, 0.2) is 140 Å². The highest BCUT2D eigenvalue weighted by Crippen LogP contribution is 2.50. The first-order chi connectivity index (χ1) is 24.6. The van der Waals surface area contributed by atoms with E-state index in [0.29, 0.717) is 5.92 Å². The Hall–Kier alpha value is -5.46. The molecule has 0 saturated carbocycles. The van der Waals surface area contributed by atoms with Crippen molar-refractivity contribution in [2.24, 2.45) is 0 Å². The average Bonchev–Trinajstić information content (AvgIpc) is 3.38. The summed E-state index contributed by atoms with van der Waals surface area (Å²) in [6.45, 7) is 11.6. The number of hydrogen-bond donors (Lipinski definition) is 0. The van der Waals surface area contributed by atoms with Crippen molar-refractivity contribution in [2.75, 3.05) is 0 Å². The van der Waals surface area contributed by atoms with Gasteiger partial charge in [0, 0.05) is 11.3 Å². The summed E-state index contributed by atoms with van der Waals surface area (Å²) in [4.78, 5) is 0. The zero-order valence-electron chi connectivity index (χ0n) is 30.1. The van der Waals surface area contributed by atoms with Crippen LogP contribution in [0.2, 0.25) is 0 Å². The van der Waals surface area contributed by atoms with E-state index in [1.54, 1.807) is 0 Å². The molecule has 8 aromatic carbocycles. The minimum absolute atomic E-state index is 0.00919. The van der Waals surface area contributed by atoms with E-state index in [2.05, 4.69) is 180 Å². The van der Waals surface area contributed by atoms with Crippen LogP contribution in [0.5, 0.6) is 0 Å². The fourth-order valence-electron chi connectivity index (χ4n) is 9.17. The van der Waals surface area contributed by atoms with Gasteiger partial charge in [-0.25, -0.2) is 0 Å². The standard InChI is InChI=1S/C51H42/c1-50(2,3)41-28-39-19-14-33-20-23-42(45-25-22-40(29-41)48(39)49(33)45)32-12-10-31(11-13-32)34-15-16-36-27-37(18-17-35(36)26-34)38-21-24-44-43-8-6-7-9-46(43)51(4,5)47(44)30-38/h6-25,27-30,34H,26H2,1-5H3. The molecule has 0 saturated heterocycles. The lowest BCUT2D eigenvalue weighted by Gasteiger charge is -2.23. The van der Waals surface area contributed by atoms with Crippen LogP contribution in [0.4, 0.5) is 0 Å². The molecule has 0 heterocycles. The summed E-state index contributed by atoms with van der Waals surface area (Å²) < 4.78 is 0. The molecule has 0 nitrogen and oxygen atoms in total. The monoisotopic (exact) mass is 654 g/mol. The van der Waals surface area contributed by atoms with E-state index in [4.69, 9.17) is 0 Å². The third-order valence-electron chi connectivity index (χ3n) is 12.1. The molecule has 0 amide bonds. The lowest BCUT2D eigenvalue weighted by atomic mass is 9.81. The van der Waals surface area contributed by atoms with Crippen LogP contribution in [0.3, 0.4) is 0 Å². The van der Waals surface area contributed by atoms with Gasteiger partial charge in [-0.1, -0.05) is 168 Å². The molecule has 0 aliphatic heterocycles. The van der Waals surface area contributed by atoms with E-state index in [9.17, 15) is 0 Å².